The Morgan fingerprint density at radius 1 is 1.30 bits per heavy atom. The molecule has 1 aromatic rings. The molecule has 0 radical (unpaired) electrons. The molecule has 0 aliphatic rings. The fraction of sp³-hybridized carbons (Fsp3) is 0.611. The Kier molecular flexibility index (Phi) is 7.36. The number of ether oxygens (including phenoxy) is 1. The van der Waals surface area contributed by atoms with Gasteiger partial charge in [0.05, 0.1) is 0 Å². The van der Waals surface area contributed by atoms with Gasteiger partial charge in [-0.1, -0.05) is 25.1 Å². The Morgan fingerprint density at radius 3 is 2.52 bits per heavy atom. The molecule has 0 spiro atoms. The summed E-state index contributed by atoms with van der Waals surface area (Å²) in [6, 6.07) is 7.29. The van der Waals surface area contributed by atoms with Crippen LogP contribution >= 0.6 is 0 Å². The number of nitrogens with zero attached hydrogens (tertiary/aromatic N) is 1. The fourth-order valence-electron chi connectivity index (χ4n) is 2.27. The minimum atomic E-state index is -0.486. The van der Waals surface area contributed by atoms with Gasteiger partial charge >= 0.3 is 6.09 Å². The van der Waals surface area contributed by atoms with Crippen LogP contribution < -0.4 is 5.32 Å². The van der Waals surface area contributed by atoms with Gasteiger partial charge in [0.25, 0.3) is 0 Å². The van der Waals surface area contributed by atoms with Crippen molar-refractivity contribution in [3.05, 3.63) is 29.8 Å². The minimum absolute atomic E-state index is 0.0123. The third-order valence-electron chi connectivity index (χ3n) is 3.38. The molecule has 23 heavy (non-hydrogen) atoms. The van der Waals surface area contributed by atoms with E-state index in [-0.39, 0.29) is 17.9 Å². The van der Waals surface area contributed by atoms with Crippen molar-refractivity contribution in [3.8, 4) is 5.75 Å². The van der Waals surface area contributed by atoms with Crippen LogP contribution in [0.15, 0.2) is 24.3 Å². The fourth-order valence-corrected chi connectivity index (χ4v) is 2.27. The first kappa shape index (κ1) is 19.3. The molecule has 1 rings (SSSR count). The van der Waals surface area contributed by atoms with Gasteiger partial charge in [-0.2, -0.15) is 0 Å². The maximum absolute atomic E-state index is 12.2. The van der Waals surface area contributed by atoms with Crippen molar-refractivity contribution < 1.29 is 14.6 Å². The molecule has 0 saturated heterocycles. The summed E-state index contributed by atoms with van der Waals surface area (Å²) >= 11 is 0. The lowest BCUT2D eigenvalue weighted by Gasteiger charge is -2.27. The lowest BCUT2D eigenvalue weighted by molar-refractivity contribution is 0.0251. The molecule has 1 amide bonds. The number of rotatable bonds is 7. The second kappa shape index (κ2) is 8.77. The van der Waals surface area contributed by atoms with Crippen LogP contribution in [-0.2, 0) is 4.74 Å². The zero-order chi connectivity index (χ0) is 17.5. The molecule has 1 aromatic carbocycles. The van der Waals surface area contributed by atoms with E-state index in [4.69, 9.17) is 4.74 Å². The lowest BCUT2D eigenvalue weighted by atomic mass is 10.1. The summed E-state index contributed by atoms with van der Waals surface area (Å²) in [5.74, 6) is 0.282. The van der Waals surface area contributed by atoms with Crippen molar-refractivity contribution in [2.45, 2.75) is 52.7 Å². The van der Waals surface area contributed by atoms with Crippen molar-refractivity contribution in [1.29, 1.82) is 0 Å². The molecule has 0 saturated carbocycles. The smallest absolute Gasteiger partial charge is 0.410 e. The number of hydrogen-bond acceptors (Lipinski definition) is 4. The summed E-state index contributed by atoms with van der Waals surface area (Å²) in [5.41, 5.74) is 0.367. The monoisotopic (exact) mass is 322 g/mol. The average molecular weight is 322 g/mol. The molecule has 0 fully saturated rings. The highest BCUT2D eigenvalue weighted by Crippen LogP contribution is 2.22. The lowest BCUT2D eigenvalue weighted by Crippen LogP contribution is -2.41. The van der Waals surface area contributed by atoms with Crippen LogP contribution in [-0.4, -0.2) is 41.3 Å². The topological polar surface area (TPSA) is 61.8 Å². The summed E-state index contributed by atoms with van der Waals surface area (Å²) < 4.78 is 5.43. The Labute approximate surface area is 139 Å². The SMILES string of the molecule is CCCN(CCNC(C)c1ccccc1O)C(=O)OC(C)(C)C. The summed E-state index contributed by atoms with van der Waals surface area (Å²) in [6.45, 7) is 11.5. The van der Waals surface area contributed by atoms with E-state index >= 15 is 0 Å². The molecular weight excluding hydrogens is 292 g/mol. The van der Waals surface area contributed by atoms with Gasteiger partial charge in [-0.15, -0.1) is 0 Å². The van der Waals surface area contributed by atoms with Gasteiger partial charge in [0.15, 0.2) is 0 Å². The molecule has 0 aliphatic carbocycles. The summed E-state index contributed by atoms with van der Waals surface area (Å²) in [5, 5.41) is 13.2. The van der Waals surface area contributed by atoms with Crippen LogP contribution in [0, 0.1) is 0 Å². The molecule has 130 valence electrons. The quantitative estimate of drug-likeness (QED) is 0.803. The van der Waals surface area contributed by atoms with E-state index in [1.807, 2.05) is 46.8 Å². The highest BCUT2D eigenvalue weighted by molar-refractivity contribution is 5.68. The van der Waals surface area contributed by atoms with E-state index in [1.54, 1.807) is 17.0 Å². The molecule has 0 bridgehead atoms. The third kappa shape index (κ3) is 6.91. The van der Waals surface area contributed by atoms with Crippen molar-refractivity contribution in [2.24, 2.45) is 0 Å². The second-order valence-electron chi connectivity index (χ2n) is 6.70. The van der Waals surface area contributed by atoms with E-state index in [0.29, 0.717) is 19.6 Å². The molecule has 5 heteroatoms. The van der Waals surface area contributed by atoms with Crippen LogP contribution in [0.1, 0.15) is 52.6 Å². The summed E-state index contributed by atoms with van der Waals surface area (Å²) in [6.07, 6.45) is 0.602. The maximum Gasteiger partial charge on any atom is 0.410 e. The number of aromatic hydroxyl groups is 1. The van der Waals surface area contributed by atoms with Gasteiger partial charge < -0.3 is 20.1 Å². The standard InChI is InChI=1S/C18H30N2O3/c1-6-12-20(17(22)23-18(3,4)5)13-11-19-14(2)15-9-7-8-10-16(15)21/h7-10,14,19,21H,6,11-13H2,1-5H3. The molecule has 0 aliphatic heterocycles. The van der Waals surface area contributed by atoms with Crippen LogP contribution in [0.3, 0.4) is 0 Å². The number of nitrogens with one attached hydrogen (secondary N) is 1. The Balaban J connectivity index is 2.52. The van der Waals surface area contributed by atoms with Crippen LogP contribution in [0.4, 0.5) is 4.79 Å². The van der Waals surface area contributed by atoms with Crippen molar-refractivity contribution in [1.82, 2.24) is 10.2 Å². The van der Waals surface area contributed by atoms with E-state index in [0.717, 1.165) is 12.0 Å². The van der Waals surface area contributed by atoms with Gasteiger partial charge in [0, 0.05) is 31.2 Å². The van der Waals surface area contributed by atoms with E-state index in [9.17, 15) is 9.90 Å². The Bertz CT molecular complexity index is 497. The largest absolute Gasteiger partial charge is 0.508 e. The number of carbonyl (C=O) groups excluding carboxylic acids is 1. The van der Waals surface area contributed by atoms with E-state index in [1.165, 1.54) is 0 Å². The molecule has 5 nitrogen and oxygen atoms in total. The first-order valence-corrected chi connectivity index (χ1v) is 8.23. The predicted molar refractivity (Wildman–Crippen MR) is 92.6 cm³/mol. The molecule has 2 N–H and O–H groups in total. The molecule has 1 atom stereocenters. The summed E-state index contributed by atoms with van der Waals surface area (Å²) in [7, 11) is 0. The normalized spacial score (nSPS) is 12.7. The van der Waals surface area contributed by atoms with Gasteiger partial charge in [-0.3, -0.25) is 0 Å². The summed E-state index contributed by atoms with van der Waals surface area (Å²) in [4.78, 5) is 13.9. The van der Waals surface area contributed by atoms with Crippen LogP contribution in [0.5, 0.6) is 5.75 Å². The highest BCUT2D eigenvalue weighted by Gasteiger charge is 2.21. The number of hydrogen-bond donors (Lipinski definition) is 2. The second-order valence-corrected chi connectivity index (χ2v) is 6.70. The van der Waals surface area contributed by atoms with Crippen LogP contribution in [0.2, 0.25) is 0 Å². The van der Waals surface area contributed by atoms with Gasteiger partial charge in [0.1, 0.15) is 11.4 Å². The van der Waals surface area contributed by atoms with Crippen molar-refractivity contribution in [3.63, 3.8) is 0 Å². The van der Waals surface area contributed by atoms with Gasteiger partial charge in [-0.05, 0) is 40.2 Å². The average Bonchev–Trinajstić information content (AvgIpc) is 2.44. The van der Waals surface area contributed by atoms with Crippen LogP contribution in [0.25, 0.3) is 0 Å². The zero-order valence-corrected chi connectivity index (χ0v) is 14.9. The highest BCUT2D eigenvalue weighted by atomic mass is 16.6. The van der Waals surface area contributed by atoms with Gasteiger partial charge in [0.2, 0.25) is 0 Å². The number of phenolic OH excluding ortho intramolecular Hbond substituents is 1. The molecule has 0 aromatic heterocycles. The maximum atomic E-state index is 12.2. The number of benzene rings is 1. The third-order valence-corrected chi connectivity index (χ3v) is 3.38. The Hall–Kier alpha value is -1.75. The zero-order valence-electron chi connectivity index (χ0n) is 14.9. The first-order valence-electron chi connectivity index (χ1n) is 8.23. The molecular formula is C18H30N2O3. The number of para-hydroxylation sites is 1. The van der Waals surface area contributed by atoms with E-state index in [2.05, 4.69) is 5.32 Å². The Morgan fingerprint density at radius 2 is 1.96 bits per heavy atom. The predicted octanol–water partition coefficient (Wildman–Crippen LogP) is 3.69. The van der Waals surface area contributed by atoms with Gasteiger partial charge in [-0.25, -0.2) is 4.79 Å². The van der Waals surface area contributed by atoms with Crippen molar-refractivity contribution >= 4 is 6.09 Å². The molecule has 1 unspecified atom stereocenters. The molecule has 0 heterocycles. The van der Waals surface area contributed by atoms with Crippen molar-refractivity contribution in [2.75, 3.05) is 19.6 Å². The number of phenols is 1. The first-order chi connectivity index (χ1) is 10.7. The van der Waals surface area contributed by atoms with E-state index < -0.39 is 5.60 Å². The minimum Gasteiger partial charge on any atom is -0.508 e. The number of amides is 1. The number of carbonyl (C=O) groups is 1.